The van der Waals surface area contributed by atoms with E-state index in [1.165, 1.54) is 0 Å². The van der Waals surface area contributed by atoms with Crippen LogP contribution in [-0.2, 0) is 6.54 Å². The molecule has 1 heterocycles. The summed E-state index contributed by atoms with van der Waals surface area (Å²) in [5.74, 6) is -0.272. The molecule has 0 saturated heterocycles. The minimum Gasteiger partial charge on any atom is -0.348 e. The molecule has 3 nitrogen and oxygen atoms in total. The summed E-state index contributed by atoms with van der Waals surface area (Å²) in [6, 6.07) is 9.65. The average molecular weight is 309 g/mol. The van der Waals surface area contributed by atoms with Crippen LogP contribution >= 0.6 is 23.2 Å². The van der Waals surface area contributed by atoms with E-state index in [1.807, 2.05) is 30.3 Å². The summed E-state index contributed by atoms with van der Waals surface area (Å²) in [5.41, 5.74) is 2.61. The molecule has 1 aromatic carbocycles. The number of hydrogen-bond donors (Lipinski definition) is 1. The smallest absolute Gasteiger partial charge is 0.255 e. The number of nitrogens with zero attached hydrogens (tertiary/aromatic N) is 1. The van der Waals surface area contributed by atoms with E-state index in [4.69, 9.17) is 23.2 Å². The van der Waals surface area contributed by atoms with E-state index >= 15 is 0 Å². The fourth-order valence-corrected chi connectivity index (χ4v) is 2.41. The number of hydrogen-bond acceptors (Lipinski definition) is 2. The summed E-state index contributed by atoms with van der Waals surface area (Å²) >= 11 is 12.2. The summed E-state index contributed by atoms with van der Waals surface area (Å²) < 4.78 is 0. The van der Waals surface area contributed by atoms with Gasteiger partial charge >= 0.3 is 0 Å². The summed E-state index contributed by atoms with van der Waals surface area (Å²) in [4.78, 5) is 16.3. The van der Waals surface area contributed by atoms with Gasteiger partial charge in [-0.25, -0.2) is 4.98 Å². The molecule has 0 spiro atoms. The molecule has 0 unspecified atom stereocenters. The third-order valence-corrected chi connectivity index (χ3v) is 3.85. The standard InChI is InChI=1S/C15H14Cl2N2O/c1-9-12(14(17)19-10(2)13(9)16)15(20)18-8-11-6-4-3-5-7-11/h3-7H,8H2,1-2H3,(H,18,20). The summed E-state index contributed by atoms with van der Waals surface area (Å²) in [6.45, 7) is 3.95. The molecule has 104 valence electrons. The molecule has 0 radical (unpaired) electrons. The van der Waals surface area contributed by atoms with Crippen molar-refractivity contribution in [3.05, 3.63) is 62.9 Å². The van der Waals surface area contributed by atoms with Gasteiger partial charge in [0, 0.05) is 6.54 Å². The molecule has 5 heteroatoms. The largest absolute Gasteiger partial charge is 0.348 e. The molecule has 0 atom stereocenters. The lowest BCUT2D eigenvalue weighted by molar-refractivity contribution is 0.0950. The van der Waals surface area contributed by atoms with Gasteiger partial charge in [0.1, 0.15) is 5.15 Å². The van der Waals surface area contributed by atoms with Gasteiger partial charge < -0.3 is 5.32 Å². The Hall–Kier alpha value is -1.58. The molecule has 0 aliphatic rings. The zero-order chi connectivity index (χ0) is 14.7. The van der Waals surface area contributed by atoms with Crippen molar-refractivity contribution in [2.45, 2.75) is 20.4 Å². The van der Waals surface area contributed by atoms with Gasteiger partial charge in [0.05, 0.1) is 16.3 Å². The lowest BCUT2D eigenvalue weighted by atomic mass is 10.1. The van der Waals surface area contributed by atoms with E-state index in [-0.39, 0.29) is 11.1 Å². The first-order chi connectivity index (χ1) is 9.50. The Labute approximate surface area is 127 Å². The number of rotatable bonds is 3. The topological polar surface area (TPSA) is 42.0 Å². The minimum absolute atomic E-state index is 0.176. The van der Waals surface area contributed by atoms with Gasteiger partial charge in [-0.2, -0.15) is 0 Å². The monoisotopic (exact) mass is 308 g/mol. The van der Waals surface area contributed by atoms with Crippen molar-refractivity contribution in [2.24, 2.45) is 0 Å². The fraction of sp³-hybridized carbons (Fsp3) is 0.200. The number of halogens is 2. The van der Waals surface area contributed by atoms with Crippen LogP contribution in [0.1, 0.15) is 27.2 Å². The minimum atomic E-state index is -0.272. The average Bonchev–Trinajstić information content (AvgIpc) is 2.44. The van der Waals surface area contributed by atoms with Crippen molar-refractivity contribution in [2.75, 3.05) is 0 Å². The quantitative estimate of drug-likeness (QED) is 0.873. The Kier molecular flexibility index (Phi) is 4.63. The van der Waals surface area contributed by atoms with Crippen LogP contribution in [0.2, 0.25) is 10.2 Å². The number of carbonyl (C=O) groups is 1. The predicted molar refractivity (Wildman–Crippen MR) is 81.3 cm³/mol. The molecule has 0 bridgehead atoms. The lowest BCUT2D eigenvalue weighted by Gasteiger charge is -2.11. The first kappa shape index (κ1) is 14.8. The second kappa shape index (κ2) is 6.25. The van der Waals surface area contributed by atoms with Crippen LogP contribution in [0.25, 0.3) is 0 Å². The Bertz CT molecular complexity index is 642. The highest BCUT2D eigenvalue weighted by Crippen LogP contribution is 2.27. The van der Waals surface area contributed by atoms with E-state index in [0.29, 0.717) is 28.4 Å². The molecule has 1 N–H and O–H groups in total. The second-order valence-corrected chi connectivity index (χ2v) is 5.21. The summed E-state index contributed by atoms with van der Waals surface area (Å²) in [6.07, 6.45) is 0. The maximum atomic E-state index is 12.2. The SMILES string of the molecule is Cc1nc(Cl)c(C(=O)NCc2ccccc2)c(C)c1Cl. The highest BCUT2D eigenvalue weighted by atomic mass is 35.5. The van der Waals surface area contributed by atoms with Crippen molar-refractivity contribution in [1.82, 2.24) is 10.3 Å². The Morgan fingerprint density at radius 3 is 2.50 bits per heavy atom. The molecule has 1 aromatic heterocycles. The molecule has 0 aliphatic heterocycles. The molecule has 1 amide bonds. The molecule has 0 fully saturated rings. The Morgan fingerprint density at radius 2 is 1.85 bits per heavy atom. The van der Waals surface area contributed by atoms with Crippen molar-refractivity contribution in [1.29, 1.82) is 0 Å². The fourth-order valence-electron chi connectivity index (χ4n) is 1.92. The number of benzene rings is 1. The molecule has 20 heavy (non-hydrogen) atoms. The van der Waals surface area contributed by atoms with Crippen molar-refractivity contribution >= 4 is 29.1 Å². The Balaban J connectivity index is 2.20. The maximum absolute atomic E-state index is 12.2. The maximum Gasteiger partial charge on any atom is 0.255 e. The highest BCUT2D eigenvalue weighted by Gasteiger charge is 2.18. The van der Waals surface area contributed by atoms with Gasteiger partial charge in [0.25, 0.3) is 5.91 Å². The third-order valence-electron chi connectivity index (χ3n) is 3.02. The van der Waals surface area contributed by atoms with Crippen molar-refractivity contribution < 1.29 is 4.79 Å². The zero-order valence-electron chi connectivity index (χ0n) is 11.2. The van der Waals surface area contributed by atoms with E-state index in [1.54, 1.807) is 13.8 Å². The normalized spacial score (nSPS) is 10.4. The number of amides is 1. The first-order valence-corrected chi connectivity index (χ1v) is 6.90. The zero-order valence-corrected chi connectivity index (χ0v) is 12.7. The van der Waals surface area contributed by atoms with Crippen LogP contribution in [0, 0.1) is 13.8 Å². The third kappa shape index (κ3) is 3.11. The van der Waals surface area contributed by atoms with Gasteiger partial charge in [0.15, 0.2) is 0 Å². The van der Waals surface area contributed by atoms with Crippen LogP contribution in [0.4, 0.5) is 0 Å². The summed E-state index contributed by atoms with van der Waals surface area (Å²) in [7, 11) is 0. The molecular formula is C15H14Cl2N2O. The van der Waals surface area contributed by atoms with Crippen LogP contribution in [0.5, 0.6) is 0 Å². The molecule has 2 rings (SSSR count). The second-order valence-electron chi connectivity index (χ2n) is 4.47. The summed E-state index contributed by atoms with van der Waals surface area (Å²) in [5, 5.41) is 3.47. The van der Waals surface area contributed by atoms with Gasteiger partial charge in [0.2, 0.25) is 0 Å². The number of carbonyl (C=O) groups excluding carboxylic acids is 1. The molecule has 0 aliphatic carbocycles. The Morgan fingerprint density at radius 1 is 1.20 bits per heavy atom. The van der Waals surface area contributed by atoms with Crippen molar-refractivity contribution in [3.8, 4) is 0 Å². The van der Waals surface area contributed by atoms with E-state index in [9.17, 15) is 4.79 Å². The lowest BCUT2D eigenvalue weighted by Crippen LogP contribution is -2.24. The highest BCUT2D eigenvalue weighted by molar-refractivity contribution is 6.35. The molecular weight excluding hydrogens is 295 g/mol. The van der Waals surface area contributed by atoms with Crippen LogP contribution in [0.15, 0.2) is 30.3 Å². The first-order valence-electron chi connectivity index (χ1n) is 6.15. The molecule has 2 aromatic rings. The van der Waals surface area contributed by atoms with E-state index < -0.39 is 0 Å². The van der Waals surface area contributed by atoms with E-state index in [0.717, 1.165) is 5.56 Å². The number of pyridine rings is 1. The van der Waals surface area contributed by atoms with Gasteiger partial charge in [-0.1, -0.05) is 53.5 Å². The van der Waals surface area contributed by atoms with Crippen molar-refractivity contribution in [3.63, 3.8) is 0 Å². The van der Waals surface area contributed by atoms with Crippen LogP contribution < -0.4 is 5.32 Å². The number of aryl methyl sites for hydroxylation is 1. The predicted octanol–water partition coefficient (Wildman–Crippen LogP) is 3.94. The van der Waals surface area contributed by atoms with Gasteiger partial charge in [-0.3, -0.25) is 4.79 Å². The molecule has 0 saturated carbocycles. The van der Waals surface area contributed by atoms with Gasteiger partial charge in [-0.15, -0.1) is 0 Å². The van der Waals surface area contributed by atoms with Crippen LogP contribution in [0.3, 0.4) is 0 Å². The van der Waals surface area contributed by atoms with E-state index in [2.05, 4.69) is 10.3 Å². The van der Waals surface area contributed by atoms with Crippen LogP contribution in [-0.4, -0.2) is 10.9 Å². The number of nitrogens with one attached hydrogen (secondary N) is 1. The van der Waals surface area contributed by atoms with Gasteiger partial charge in [-0.05, 0) is 25.0 Å². The number of aromatic nitrogens is 1.